The van der Waals surface area contributed by atoms with Crippen LogP contribution in [0.4, 0.5) is 13.2 Å². The Morgan fingerprint density at radius 1 is 1.30 bits per heavy atom. The molecule has 10 heavy (non-hydrogen) atoms. The first-order valence-electron chi connectivity index (χ1n) is 1.92. The second-order valence-corrected chi connectivity index (χ2v) is 5.60. The molecule has 0 aliphatic rings. The van der Waals surface area contributed by atoms with Crippen molar-refractivity contribution < 1.29 is 13.2 Å². The van der Waals surface area contributed by atoms with E-state index in [9.17, 15) is 13.2 Å². The molecule has 0 fully saturated rings. The van der Waals surface area contributed by atoms with Gasteiger partial charge in [-0.2, -0.15) is 13.2 Å². The molecule has 0 rings (SSSR count). The van der Waals surface area contributed by atoms with Gasteiger partial charge in [-0.25, -0.2) is 0 Å². The Hall–Kier alpha value is 1.33. The molecule has 0 N–H and O–H groups in total. The summed E-state index contributed by atoms with van der Waals surface area (Å²) in [7, 11) is 0. The monoisotopic (exact) mass is 322 g/mol. The fraction of sp³-hybridized carbons (Fsp3) is 1.00. The topological polar surface area (TPSA) is 0 Å². The molecule has 2 atom stereocenters. The third kappa shape index (κ3) is 2.43. The van der Waals surface area contributed by atoms with Crippen LogP contribution in [0.15, 0.2) is 0 Å². The highest BCUT2D eigenvalue weighted by Gasteiger charge is 2.56. The number of halogens is 7. The third-order valence-electron chi connectivity index (χ3n) is 0.652. The predicted molar refractivity (Wildman–Crippen MR) is 42.1 cm³/mol. The molecular formula is C3HBr2Cl2F3. The van der Waals surface area contributed by atoms with Crippen molar-refractivity contribution in [1.82, 2.24) is 0 Å². The first-order chi connectivity index (χ1) is 4.19. The van der Waals surface area contributed by atoms with Crippen molar-refractivity contribution in [3.63, 3.8) is 0 Å². The zero-order chi connectivity index (χ0) is 8.58. The van der Waals surface area contributed by atoms with Crippen molar-refractivity contribution in [3.05, 3.63) is 0 Å². The summed E-state index contributed by atoms with van der Waals surface area (Å²) in [6.07, 6.45) is -4.58. The normalized spacial score (nSPS) is 21.9. The maximum absolute atomic E-state index is 11.8. The van der Waals surface area contributed by atoms with Crippen molar-refractivity contribution in [2.24, 2.45) is 0 Å². The van der Waals surface area contributed by atoms with Crippen LogP contribution in [0.25, 0.3) is 0 Å². The Labute approximate surface area is 82.3 Å². The standard InChI is InChI=1S/C3HBr2Cl2F3/c4-1(6)2(5,7)3(8,9)10/h1H. The Balaban J connectivity index is 4.40. The first-order valence-corrected chi connectivity index (χ1v) is 4.44. The van der Waals surface area contributed by atoms with Gasteiger partial charge in [-0.1, -0.05) is 43.5 Å². The number of alkyl halides is 7. The minimum Gasteiger partial charge on any atom is -0.168 e. The van der Waals surface area contributed by atoms with Crippen molar-refractivity contribution in [2.45, 2.75) is 14.2 Å². The van der Waals surface area contributed by atoms with E-state index < -0.39 is 14.2 Å². The van der Waals surface area contributed by atoms with Gasteiger partial charge in [0.05, 0.1) is 0 Å². The molecule has 0 saturated heterocycles. The Morgan fingerprint density at radius 3 is 1.60 bits per heavy atom. The van der Waals surface area contributed by atoms with Gasteiger partial charge in [0.2, 0.25) is 3.78 Å². The van der Waals surface area contributed by atoms with Crippen LogP contribution in [0.2, 0.25) is 0 Å². The SMILES string of the molecule is FC(F)(F)C(Cl)(Br)C(Cl)Br. The summed E-state index contributed by atoms with van der Waals surface area (Å²) in [5.41, 5.74) is 0. The largest absolute Gasteiger partial charge is 0.419 e. The van der Waals surface area contributed by atoms with Crippen LogP contribution < -0.4 is 0 Å². The molecular weight excluding hydrogens is 324 g/mol. The highest BCUT2D eigenvalue weighted by atomic mass is 79.9. The lowest BCUT2D eigenvalue weighted by Crippen LogP contribution is -2.38. The lowest BCUT2D eigenvalue weighted by molar-refractivity contribution is -0.134. The molecule has 0 aliphatic carbocycles. The molecule has 2 unspecified atom stereocenters. The van der Waals surface area contributed by atoms with Gasteiger partial charge in [0.15, 0.2) is 0 Å². The number of hydrogen-bond donors (Lipinski definition) is 0. The van der Waals surface area contributed by atoms with Gasteiger partial charge in [-0.05, 0) is 0 Å². The molecule has 0 bridgehead atoms. The van der Waals surface area contributed by atoms with E-state index in [1.165, 1.54) is 0 Å². The van der Waals surface area contributed by atoms with E-state index in [0.717, 1.165) is 0 Å². The van der Waals surface area contributed by atoms with E-state index in [1.807, 2.05) is 0 Å². The molecule has 0 radical (unpaired) electrons. The maximum atomic E-state index is 11.8. The summed E-state index contributed by atoms with van der Waals surface area (Å²) in [6.45, 7) is 0. The average Bonchev–Trinajstić information content (AvgIpc) is 1.62. The van der Waals surface area contributed by atoms with Gasteiger partial charge in [0.1, 0.15) is 4.29 Å². The van der Waals surface area contributed by atoms with E-state index in [1.54, 1.807) is 0 Å². The fourth-order valence-electron chi connectivity index (χ4n) is 0.124. The predicted octanol–water partition coefficient (Wildman–Crippen LogP) is 3.84. The maximum Gasteiger partial charge on any atom is 0.419 e. The summed E-state index contributed by atoms with van der Waals surface area (Å²) in [6, 6.07) is 0. The molecule has 7 heteroatoms. The van der Waals surface area contributed by atoms with Crippen LogP contribution in [0.1, 0.15) is 0 Å². The highest BCUT2D eigenvalue weighted by molar-refractivity contribution is 9.13. The quantitative estimate of drug-likeness (QED) is 0.643. The molecule has 0 saturated carbocycles. The van der Waals surface area contributed by atoms with Gasteiger partial charge in [0.25, 0.3) is 0 Å². The summed E-state index contributed by atoms with van der Waals surface area (Å²) in [4.78, 5) is 0. The molecule has 0 aromatic carbocycles. The van der Waals surface area contributed by atoms with Crippen LogP contribution in [0, 0.1) is 0 Å². The third-order valence-corrected chi connectivity index (χ3v) is 4.26. The van der Waals surface area contributed by atoms with Crippen molar-refractivity contribution in [3.8, 4) is 0 Å². The van der Waals surface area contributed by atoms with Crippen molar-refractivity contribution >= 4 is 55.1 Å². The lowest BCUT2D eigenvalue weighted by atomic mass is 10.5. The van der Waals surface area contributed by atoms with Crippen LogP contribution in [0.5, 0.6) is 0 Å². The summed E-state index contributed by atoms with van der Waals surface area (Å²) in [5.74, 6) is 0. The van der Waals surface area contributed by atoms with Crippen LogP contribution in [0.3, 0.4) is 0 Å². The van der Waals surface area contributed by atoms with E-state index in [0.29, 0.717) is 0 Å². The summed E-state index contributed by atoms with van der Waals surface area (Å²) < 4.78 is 31.4. The zero-order valence-electron chi connectivity index (χ0n) is 4.22. The van der Waals surface area contributed by atoms with E-state index in [-0.39, 0.29) is 0 Å². The summed E-state index contributed by atoms with van der Waals surface area (Å²) >= 11 is 14.8. The lowest BCUT2D eigenvalue weighted by Gasteiger charge is -2.23. The van der Waals surface area contributed by atoms with Gasteiger partial charge in [-0.15, -0.1) is 11.6 Å². The zero-order valence-corrected chi connectivity index (χ0v) is 8.91. The highest BCUT2D eigenvalue weighted by Crippen LogP contribution is 2.47. The molecule has 0 amide bonds. The van der Waals surface area contributed by atoms with Crippen molar-refractivity contribution in [1.29, 1.82) is 0 Å². The Bertz CT molecular complexity index is 121. The molecule has 0 spiro atoms. The van der Waals surface area contributed by atoms with Crippen LogP contribution >= 0.6 is 55.1 Å². The Morgan fingerprint density at radius 2 is 1.60 bits per heavy atom. The minimum atomic E-state index is -4.58. The van der Waals surface area contributed by atoms with E-state index >= 15 is 0 Å². The van der Waals surface area contributed by atoms with Crippen molar-refractivity contribution in [2.75, 3.05) is 0 Å². The Kier molecular flexibility index (Phi) is 3.82. The van der Waals surface area contributed by atoms with Crippen LogP contribution in [-0.4, -0.2) is 14.2 Å². The average molecular weight is 325 g/mol. The second kappa shape index (κ2) is 3.37. The molecule has 0 aromatic heterocycles. The van der Waals surface area contributed by atoms with Gasteiger partial charge in [0, 0.05) is 0 Å². The minimum absolute atomic E-state index is 1.40. The van der Waals surface area contributed by atoms with E-state index in [2.05, 4.69) is 31.9 Å². The van der Waals surface area contributed by atoms with Gasteiger partial charge in [-0.3, -0.25) is 0 Å². The second-order valence-electron chi connectivity index (χ2n) is 1.42. The number of hydrogen-bond acceptors (Lipinski definition) is 0. The number of rotatable bonds is 1. The first kappa shape index (κ1) is 11.3. The van der Waals surface area contributed by atoms with Gasteiger partial charge >= 0.3 is 6.18 Å². The fourth-order valence-corrected chi connectivity index (χ4v) is 0.507. The van der Waals surface area contributed by atoms with E-state index in [4.69, 9.17) is 23.2 Å². The molecule has 0 heterocycles. The van der Waals surface area contributed by atoms with Crippen LogP contribution in [-0.2, 0) is 0 Å². The molecule has 0 aromatic rings. The molecule has 62 valence electrons. The summed E-state index contributed by atoms with van der Waals surface area (Å²) in [5, 5.41) is 0. The molecule has 0 nitrogen and oxygen atoms in total. The smallest absolute Gasteiger partial charge is 0.168 e. The van der Waals surface area contributed by atoms with Gasteiger partial charge < -0.3 is 0 Å². The molecule has 0 aliphatic heterocycles.